The van der Waals surface area contributed by atoms with Crippen LogP contribution in [0, 0.1) is 5.92 Å². The summed E-state index contributed by atoms with van der Waals surface area (Å²) in [6, 6.07) is 0.278. The third-order valence-electron chi connectivity index (χ3n) is 3.00. The predicted octanol–water partition coefficient (Wildman–Crippen LogP) is 0.00740. The molecule has 2 rings (SSSR count). The molecule has 1 aromatic rings. The highest BCUT2D eigenvalue weighted by atomic mass is 16.3. The molecule has 14 heavy (non-hydrogen) atoms. The molecule has 5 nitrogen and oxygen atoms in total. The fourth-order valence-corrected chi connectivity index (χ4v) is 2.08. The highest BCUT2D eigenvalue weighted by molar-refractivity contribution is 4.89. The van der Waals surface area contributed by atoms with E-state index in [-0.39, 0.29) is 12.6 Å². The van der Waals surface area contributed by atoms with Crippen molar-refractivity contribution in [2.24, 2.45) is 5.92 Å². The van der Waals surface area contributed by atoms with E-state index in [1.807, 2.05) is 0 Å². The third kappa shape index (κ3) is 1.78. The first-order valence-corrected chi connectivity index (χ1v) is 5.00. The fraction of sp³-hybridized carbons (Fsp3) is 0.778. The van der Waals surface area contributed by atoms with Crippen LogP contribution in [0.25, 0.3) is 0 Å². The molecule has 0 radical (unpaired) electrons. The second kappa shape index (κ2) is 4.06. The van der Waals surface area contributed by atoms with Crippen LogP contribution in [0.2, 0.25) is 0 Å². The molecule has 0 aromatic carbocycles. The van der Waals surface area contributed by atoms with Gasteiger partial charge in [0.05, 0.1) is 13.2 Å². The lowest BCUT2D eigenvalue weighted by Gasteiger charge is -2.23. The average Bonchev–Trinajstić information content (AvgIpc) is 2.77. The Morgan fingerprint density at radius 2 is 2.57 bits per heavy atom. The van der Waals surface area contributed by atoms with Crippen LogP contribution >= 0.6 is 0 Å². The Morgan fingerprint density at radius 3 is 3.21 bits per heavy atom. The molecular weight excluding hydrogens is 180 g/mol. The van der Waals surface area contributed by atoms with Crippen molar-refractivity contribution in [3.8, 4) is 0 Å². The summed E-state index contributed by atoms with van der Waals surface area (Å²) >= 11 is 0. The Bertz CT molecular complexity index is 274. The van der Waals surface area contributed by atoms with E-state index in [2.05, 4.69) is 27.0 Å². The first kappa shape index (κ1) is 9.61. The highest BCUT2D eigenvalue weighted by Gasteiger charge is 2.30. The average molecular weight is 196 g/mol. The summed E-state index contributed by atoms with van der Waals surface area (Å²) in [5.41, 5.74) is 0. The van der Waals surface area contributed by atoms with Gasteiger partial charge in [-0.2, -0.15) is 5.10 Å². The van der Waals surface area contributed by atoms with Crippen molar-refractivity contribution in [1.82, 2.24) is 20.1 Å². The maximum atomic E-state index is 9.25. The van der Waals surface area contributed by atoms with Gasteiger partial charge in [-0.3, -0.25) is 10.00 Å². The second-order valence-corrected chi connectivity index (χ2v) is 3.92. The van der Waals surface area contributed by atoms with E-state index < -0.39 is 0 Å². The molecule has 0 bridgehead atoms. The summed E-state index contributed by atoms with van der Waals surface area (Å²) in [6.07, 6.45) is 2.67. The van der Waals surface area contributed by atoms with Gasteiger partial charge in [-0.25, -0.2) is 4.98 Å². The Morgan fingerprint density at radius 1 is 1.71 bits per heavy atom. The van der Waals surface area contributed by atoms with Gasteiger partial charge in [-0.1, -0.05) is 6.92 Å². The van der Waals surface area contributed by atoms with Crippen LogP contribution < -0.4 is 0 Å². The number of aliphatic hydroxyl groups excluding tert-OH is 1. The van der Waals surface area contributed by atoms with Crippen molar-refractivity contribution < 1.29 is 5.11 Å². The number of aromatic nitrogens is 3. The van der Waals surface area contributed by atoms with Crippen LogP contribution in [0.4, 0.5) is 0 Å². The largest absolute Gasteiger partial charge is 0.395 e. The molecule has 2 unspecified atom stereocenters. The van der Waals surface area contributed by atoms with Crippen molar-refractivity contribution in [1.29, 1.82) is 0 Å². The van der Waals surface area contributed by atoms with Crippen molar-refractivity contribution >= 4 is 0 Å². The minimum absolute atomic E-state index is 0.231. The molecule has 1 aromatic heterocycles. The Hall–Kier alpha value is -0.940. The zero-order valence-electron chi connectivity index (χ0n) is 8.35. The molecule has 0 aliphatic carbocycles. The Balaban J connectivity index is 1.98. The zero-order valence-corrected chi connectivity index (χ0v) is 8.35. The molecular formula is C9H16N4O. The minimum Gasteiger partial charge on any atom is -0.395 e. The maximum Gasteiger partial charge on any atom is 0.138 e. The quantitative estimate of drug-likeness (QED) is 0.714. The van der Waals surface area contributed by atoms with Gasteiger partial charge < -0.3 is 5.11 Å². The SMILES string of the molecule is CC1CCN(Cc2ncn[nH]2)C1CO. The summed E-state index contributed by atoms with van der Waals surface area (Å²) in [6.45, 7) is 4.21. The van der Waals surface area contributed by atoms with Gasteiger partial charge in [0, 0.05) is 6.04 Å². The smallest absolute Gasteiger partial charge is 0.138 e. The van der Waals surface area contributed by atoms with E-state index in [0.717, 1.165) is 25.3 Å². The van der Waals surface area contributed by atoms with Crippen LogP contribution in [0.1, 0.15) is 19.2 Å². The van der Waals surface area contributed by atoms with Crippen LogP contribution in [-0.4, -0.2) is 44.4 Å². The van der Waals surface area contributed by atoms with Gasteiger partial charge in [-0.05, 0) is 18.9 Å². The molecule has 1 fully saturated rings. The van der Waals surface area contributed by atoms with Crippen molar-refractivity contribution in [2.45, 2.75) is 25.9 Å². The Kier molecular flexibility index (Phi) is 2.79. The molecule has 2 heterocycles. The first-order chi connectivity index (χ1) is 6.81. The second-order valence-electron chi connectivity index (χ2n) is 3.92. The molecule has 78 valence electrons. The predicted molar refractivity (Wildman–Crippen MR) is 51.4 cm³/mol. The molecule has 1 aliphatic heterocycles. The molecule has 1 aliphatic rings. The molecule has 1 saturated heterocycles. The van der Waals surface area contributed by atoms with E-state index >= 15 is 0 Å². The molecule has 2 N–H and O–H groups in total. The molecule has 0 saturated carbocycles. The van der Waals surface area contributed by atoms with E-state index in [1.54, 1.807) is 0 Å². The topological polar surface area (TPSA) is 65.0 Å². The first-order valence-electron chi connectivity index (χ1n) is 5.00. The van der Waals surface area contributed by atoms with Crippen LogP contribution in [0.5, 0.6) is 0 Å². The number of H-pyrrole nitrogens is 1. The van der Waals surface area contributed by atoms with Gasteiger partial charge in [0.15, 0.2) is 0 Å². The number of likely N-dealkylation sites (tertiary alicyclic amines) is 1. The van der Waals surface area contributed by atoms with Crippen molar-refractivity contribution in [3.63, 3.8) is 0 Å². The number of nitrogens with zero attached hydrogens (tertiary/aromatic N) is 3. The molecule has 5 heteroatoms. The number of nitrogens with one attached hydrogen (secondary N) is 1. The monoisotopic (exact) mass is 196 g/mol. The number of hydrogen-bond donors (Lipinski definition) is 2. The van der Waals surface area contributed by atoms with Crippen molar-refractivity contribution in [3.05, 3.63) is 12.2 Å². The van der Waals surface area contributed by atoms with E-state index in [4.69, 9.17) is 0 Å². The van der Waals surface area contributed by atoms with Crippen LogP contribution in [0.15, 0.2) is 6.33 Å². The summed E-state index contributed by atoms with van der Waals surface area (Å²) < 4.78 is 0. The van der Waals surface area contributed by atoms with E-state index in [0.29, 0.717) is 5.92 Å². The fourth-order valence-electron chi connectivity index (χ4n) is 2.08. The molecule has 0 spiro atoms. The molecule has 2 atom stereocenters. The summed E-state index contributed by atoms with van der Waals surface area (Å²) in [5, 5.41) is 15.9. The normalized spacial score (nSPS) is 28.4. The summed E-state index contributed by atoms with van der Waals surface area (Å²) in [4.78, 5) is 6.34. The summed E-state index contributed by atoms with van der Waals surface area (Å²) in [5.74, 6) is 1.44. The molecule has 0 amide bonds. The van der Waals surface area contributed by atoms with Gasteiger partial charge in [0.2, 0.25) is 0 Å². The Labute approximate surface area is 83.2 Å². The van der Waals surface area contributed by atoms with E-state index in [1.165, 1.54) is 6.33 Å². The van der Waals surface area contributed by atoms with Crippen LogP contribution in [0.3, 0.4) is 0 Å². The number of aromatic amines is 1. The van der Waals surface area contributed by atoms with E-state index in [9.17, 15) is 5.11 Å². The number of aliphatic hydroxyl groups is 1. The van der Waals surface area contributed by atoms with Crippen LogP contribution in [-0.2, 0) is 6.54 Å². The number of hydrogen-bond acceptors (Lipinski definition) is 4. The maximum absolute atomic E-state index is 9.25. The summed E-state index contributed by atoms with van der Waals surface area (Å²) in [7, 11) is 0. The highest BCUT2D eigenvalue weighted by Crippen LogP contribution is 2.24. The lowest BCUT2D eigenvalue weighted by atomic mass is 10.0. The van der Waals surface area contributed by atoms with Crippen molar-refractivity contribution in [2.75, 3.05) is 13.2 Å². The standard InChI is InChI=1S/C9H16N4O/c1-7-2-3-13(8(7)5-14)4-9-10-6-11-12-9/h6-8,14H,2-5H2,1H3,(H,10,11,12). The number of rotatable bonds is 3. The third-order valence-corrected chi connectivity index (χ3v) is 3.00. The lowest BCUT2D eigenvalue weighted by Crippen LogP contribution is -2.34. The van der Waals surface area contributed by atoms with Gasteiger partial charge >= 0.3 is 0 Å². The van der Waals surface area contributed by atoms with Gasteiger partial charge in [0.25, 0.3) is 0 Å². The lowest BCUT2D eigenvalue weighted by molar-refractivity contribution is 0.132. The minimum atomic E-state index is 0.231. The zero-order chi connectivity index (χ0) is 9.97. The van der Waals surface area contributed by atoms with Gasteiger partial charge in [0.1, 0.15) is 12.2 Å². The van der Waals surface area contributed by atoms with Gasteiger partial charge in [-0.15, -0.1) is 0 Å².